The lowest BCUT2D eigenvalue weighted by Gasteiger charge is -2.13. The molecule has 3 aromatic rings. The van der Waals surface area contributed by atoms with Crippen molar-refractivity contribution in [2.24, 2.45) is 0 Å². The summed E-state index contributed by atoms with van der Waals surface area (Å²) in [6, 6.07) is 12.7. The van der Waals surface area contributed by atoms with E-state index in [2.05, 4.69) is 37.2 Å². The van der Waals surface area contributed by atoms with Gasteiger partial charge in [-0.05, 0) is 58.7 Å². The Balaban J connectivity index is 1.94. The van der Waals surface area contributed by atoms with Crippen molar-refractivity contribution in [3.8, 4) is 17.1 Å². The Hall–Kier alpha value is -2.09. The van der Waals surface area contributed by atoms with Gasteiger partial charge in [0.2, 0.25) is 0 Å². The van der Waals surface area contributed by atoms with E-state index in [0.717, 1.165) is 15.6 Å². The van der Waals surface area contributed by atoms with E-state index in [4.69, 9.17) is 14.3 Å². The highest BCUT2D eigenvalue weighted by atomic mass is 79.9. The van der Waals surface area contributed by atoms with E-state index in [9.17, 15) is 4.79 Å². The Morgan fingerprint density at radius 1 is 1.19 bits per heavy atom. The van der Waals surface area contributed by atoms with Gasteiger partial charge in [-0.15, -0.1) is 0 Å². The number of nitrogens with one attached hydrogen (secondary N) is 1. The number of carbonyl (C=O) groups is 1. The summed E-state index contributed by atoms with van der Waals surface area (Å²) in [5.41, 5.74) is 2.79. The van der Waals surface area contributed by atoms with Crippen LogP contribution >= 0.6 is 31.9 Å². The number of halogens is 2. The van der Waals surface area contributed by atoms with Crippen LogP contribution in [0.2, 0.25) is 0 Å². The van der Waals surface area contributed by atoms with Gasteiger partial charge in [-0.2, -0.15) is 0 Å². The lowest BCUT2D eigenvalue weighted by molar-refractivity contribution is 0.102. The van der Waals surface area contributed by atoms with Gasteiger partial charge in [0.05, 0.1) is 17.1 Å². The molecule has 0 aliphatic rings. The molecule has 0 radical (unpaired) electrons. The largest absolute Gasteiger partial charge is 0.495 e. The monoisotopic (exact) mass is 493 g/mol. The molecule has 0 aliphatic carbocycles. The predicted molar refractivity (Wildman–Crippen MR) is 111 cm³/mol. The van der Waals surface area contributed by atoms with Gasteiger partial charge in [0.1, 0.15) is 23.9 Å². The van der Waals surface area contributed by atoms with Crippen LogP contribution in [0, 0.1) is 6.92 Å². The molecular weight excluding hydrogens is 478 g/mol. The molecule has 27 heavy (non-hydrogen) atoms. The van der Waals surface area contributed by atoms with E-state index < -0.39 is 0 Å². The number of ether oxygens (including phenoxy) is 1. The number of anilines is 1. The second-order valence-corrected chi connectivity index (χ2v) is 7.65. The molecule has 3 rings (SSSR count). The second kappa shape index (κ2) is 8.29. The quantitative estimate of drug-likeness (QED) is 0.489. The minimum absolute atomic E-state index is 0.160. The number of furan rings is 1. The molecule has 0 aliphatic heterocycles. The third-order valence-electron chi connectivity index (χ3n) is 4.04. The maximum absolute atomic E-state index is 12.9. The summed E-state index contributed by atoms with van der Waals surface area (Å²) in [7, 11) is 1.52. The summed E-state index contributed by atoms with van der Waals surface area (Å²) in [5, 5.41) is 12.1. The Morgan fingerprint density at radius 2 is 1.96 bits per heavy atom. The van der Waals surface area contributed by atoms with Gasteiger partial charge in [0, 0.05) is 15.7 Å². The highest BCUT2D eigenvalue weighted by Gasteiger charge is 2.18. The summed E-state index contributed by atoms with van der Waals surface area (Å²) in [4.78, 5) is 12.9. The smallest absolute Gasteiger partial charge is 0.259 e. The van der Waals surface area contributed by atoms with Crippen LogP contribution in [0.4, 0.5) is 5.69 Å². The van der Waals surface area contributed by atoms with E-state index >= 15 is 0 Å². The molecular formula is C20H17Br2NO4. The van der Waals surface area contributed by atoms with Crippen molar-refractivity contribution < 1.29 is 19.1 Å². The van der Waals surface area contributed by atoms with E-state index in [1.54, 1.807) is 18.2 Å². The van der Waals surface area contributed by atoms with Crippen LogP contribution < -0.4 is 10.1 Å². The maximum atomic E-state index is 12.9. The third-order valence-corrected chi connectivity index (χ3v) is 5.09. The number of benzene rings is 2. The summed E-state index contributed by atoms with van der Waals surface area (Å²) >= 11 is 6.81. The number of aliphatic hydroxyl groups is 1. The van der Waals surface area contributed by atoms with E-state index in [1.807, 2.05) is 31.2 Å². The predicted octanol–water partition coefficient (Wildman–Crippen LogP) is 5.53. The van der Waals surface area contributed by atoms with Gasteiger partial charge in [-0.25, -0.2) is 0 Å². The Kier molecular flexibility index (Phi) is 6.04. The first-order valence-corrected chi connectivity index (χ1v) is 9.66. The Bertz CT molecular complexity index is 998. The molecule has 0 spiro atoms. The number of methoxy groups -OCH3 is 1. The van der Waals surface area contributed by atoms with E-state index in [-0.39, 0.29) is 12.5 Å². The topological polar surface area (TPSA) is 71.7 Å². The molecule has 1 heterocycles. The number of carbonyl (C=O) groups excluding carboxylic acids is 1. The minimum atomic E-state index is -0.287. The molecule has 5 nitrogen and oxygen atoms in total. The first-order chi connectivity index (χ1) is 12.9. The average molecular weight is 495 g/mol. The zero-order valence-corrected chi connectivity index (χ0v) is 17.8. The molecule has 0 bridgehead atoms. The number of hydrogen-bond acceptors (Lipinski definition) is 4. The Morgan fingerprint density at radius 3 is 2.63 bits per heavy atom. The highest BCUT2D eigenvalue weighted by molar-refractivity contribution is 9.11. The van der Waals surface area contributed by atoms with Crippen LogP contribution in [0.3, 0.4) is 0 Å². The molecule has 7 heteroatoms. The van der Waals surface area contributed by atoms with E-state index in [0.29, 0.717) is 33.0 Å². The summed E-state index contributed by atoms with van der Waals surface area (Å²) < 4.78 is 12.4. The highest BCUT2D eigenvalue weighted by Crippen LogP contribution is 2.34. The van der Waals surface area contributed by atoms with Crippen molar-refractivity contribution in [3.05, 3.63) is 68.3 Å². The fraction of sp³-hybridized carbons (Fsp3) is 0.150. The lowest BCUT2D eigenvalue weighted by atomic mass is 10.1. The van der Waals surface area contributed by atoms with Crippen LogP contribution in [0.15, 0.2) is 55.8 Å². The van der Waals surface area contributed by atoms with E-state index in [1.165, 1.54) is 7.11 Å². The molecule has 0 saturated heterocycles. The molecule has 140 valence electrons. The summed E-state index contributed by atoms with van der Waals surface area (Å²) in [6.45, 7) is 1.75. The molecule has 2 N–H and O–H groups in total. The van der Waals surface area contributed by atoms with Crippen molar-refractivity contribution in [2.75, 3.05) is 12.4 Å². The van der Waals surface area contributed by atoms with Gasteiger partial charge in [0.15, 0.2) is 0 Å². The molecule has 0 unspecified atom stereocenters. The van der Waals surface area contributed by atoms with Crippen LogP contribution in [0.5, 0.6) is 5.75 Å². The van der Waals surface area contributed by atoms with Crippen molar-refractivity contribution in [1.29, 1.82) is 0 Å². The second-order valence-electron chi connectivity index (χ2n) is 5.88. The first-order valence-electron chi connectivity index (χ1n) is 8.08. The molecule has 1 aromatic heterocycles. The SMILES string of the molecule is COc1c(Br)cc(Br)cc1C(=O)Nc1cc(-c2ccc(CO)o2)ccc1C. The van der Waals surface area contributed by atoms with Crippen molar-refractivity contribution in [3.63, 3.8) is 0 Å². The van der Waals surface area contributed by atoms with Gasteiger partial charge < -0.3 is 19.6 Å². The number of aliphatic hydroxyl groups excluding tert-OH is 1. The van der Waals surface area contributed by atoms with Crippen LogP contribution in [0.25, 0.3) is 11.3 Å². The average Bonchev–Trinajstić information content (AvgIpc) is 3.12. The first kappa shape index (κ1) is 19.7. The van der Waals surface area contributed by atoms with Crippen molar-refractivity contribution >= 4 is 43.5 Å². The number of aryl methyl sites for hydroxylation is 1. The van der Waals surface area contributed by atoms with Gasteiger partial charge >= 0.3 is 0 Å². The van der Waals surface area contributed by atoms with Crippen LogP contribution in [0.1, 0.15) is 21.7 Å². The van der Waals surface area contributed by atoms with Gasteiger partial charge in [-0.1, -0.05) is 28.1 Å². The number of rotatable bonds is 5. The summed E-state index contributed by atoms with van der Waals surface area (Å²) in [6.07, 6.45) is 0. The fourth-order valence-electron chi connectivity index (χ4n) is 2.65. The Labute approximate surface area is 173 Å². The molecule has 2 aromatic carbocycles. The fourth-order valence-corrected chi connectivity index (χ4v) is 4.04. The standard InChI is InChI=1S/C20H17Br2NO4/c1-11-3-4-12(18-6-5-14(10-24)27-18)7-17(11)23-20(25)15-8-13(21)9-16(22)19(15)26-2/h3-9,24H,10H2,1-2H3,(H,23,25). The molecule has 0 fully saturated rings. The third kappa shape index (κ3) is 4.26. The van der Waals surface area contributed by atoms with Gasteiger partial charge in [0.25, 0.3) is 5.91 Å². The number of hydrogen-bond donors (Lipinski definition) is 2. The normalized spacial score (nSPS) is 10.7. The van der Waals surface area contributed by atoms with Crippen molar-refractivity contribution in [2.45, 2.75) is 13.5 Å². The van der Waals surface area contributed by atoms with Crippen LogP contribution in [-0.4, -0.2) is 18.1 Å². The zero-order valence-electron chi connectivity index (χ0n) is 14.7. The minimum Gasteiger partial charge on any atom is -0.495 e. The zero-order chi connectivity index (χ0) is 19.6. The summed E-state index contributed by atoms with van der Waals surface area (Å²) in [5.74, 6) is 1.28. The maximum Gasteiger partial charge on any atom is 0.259 e. The molecule has 1 amide bonds. The lowest BCUT2D eigenvalue weighted by Crippen LogP contribution is -2.14. The van der Waals surface area contributed by atoms with Gasteiger partial charge in [-0.3, -0.25) is 4.79 Å². The van der Waals surface area contributed by atoms with Crippen LogP contribution in [-0.2, 0) is 6.61 Å². The van der Waals surface area contributed by atoms with Crippen molar-refractivity contribution in [1.82, 2.24) is 0 Å². The molecule has 0 atom stereocenters. The number of amides is 1. The molecule has 0 saturated carbocycles.